The molecule has 26 heavy (non-hydrogen) atoms. The number of ether oxygens (including phenoxy) is 1. The summed E-state index contributed by atoms with van der Waals surface area (Å²) in [5, 5.41) is 9.39. The number of carbonyl (C=O) groups is 3. The van der Waals surface area contributed by atoms with Gasteiger partial charge in [-0.25, -0.2) is 4.79 Å². The van der Waals surface area contributed by atoms with E-state index < -0.39 is 11.6 Å². The minimum Gasteiger partial charge on any atom is -0.478 e. The molecule has 0 atom stereocenters. The van der Waals surface area contributed by atoms with E-state index in [1.54, 1.807) is 24.3 Å². The van der Waals surface area contributed by atoms with E-state index in [1.165, 1.54) is 20.8 Å². The largest absolute Gasteiger partial charge is 0.478 e. The van der Waals surface area contributed by atoms with Crippen molar-refractivity contribution >= 4 is 17.5 Å². The Morgan fingerprint density at radius 3 is 2.46 bits per heavy atom. The average Bonchev–Trinajstić information content (AvgIpc) is 2.94. The van der Waals surface area contributed by atoms with Crippen LogP contribution in [0.15, 0.2) is 36.4 Å². The van der Waals surface area contributed by atoms with Gasteiger partial charge in [-0.05, 0) is 56.5 Å². The van der Waals surface area contributed by atoms with Crippen LogP contribution in [-0.2, 0) is 11.2 Å². The van der Waals surface area contributed by atoms with E-state index in [0.717, 1.165) is 11.1 Å². The lowest BCUT2D eigenvalue weighted by molar-refractivity contribution is -0.152. The minimum atomic E-state index is -1.46. The van der Waals surface area contributed by atoms with E-state index in [2.05, 4.69) is 0 Å². The van der Waals surface area contributed by atoms with Gasteiger partial charge in [-0.3, -0.25) is 9.59 Å². The van der Waals surface area contributed by atoms with Crippen molar-refractivity contribution in [2.75, 3.05) is 0 Å². The first-order chi connectivity index (χ1) is 12.2. The predicted molar refractivity (Wildman–Crippen MR) is 96.9 cm³/mol. The Morgan fingerprint density at radius 2 is 1.81 bits per heavy atom. The fourth-order valence-corrected chi connectivity index (χ4v) is 3.01. The summed E-state index contributed by atoms with van der Waals surface area (Å²) in [5.41, 5.74) is 2.02. The van der Waals surface area contributed by atoms with Crippen molar-refractivity contribution in [1.29, 1.82) is 0 Å². The molecule has 134 valence electrons. The van der Waals surface area contributed by atoms with Crippen molar-refractivity contribution < 1.29 is 24.2 Å². The Kier molecular flexibility index (Phi) is 4.40. The topological polar surface area (TPSA) is 80.7 Å². The number of ketones is 2. The fourth-order valence-electron chi connectivity index (χ4n) is 3.01. The van der Waals surface area contributed by atoms with E-state index in [9.17, 15) is 19.5 Å². The second kappa shape index (κ2) is 6.41. The molecule has 5 nitrogen and oxygen atoms in total. The van der Waals surface area contributed by atoms with Crippen LogP contribution in [0.5, 0.6) is 5.75 Å². The van der Waals surface area contributed by atoms with Crippen LogP contribution >= 0.6 is 0 Å². The summed E-state index contributed by atoms with van der Waals surface area (Å²) in [4.78, 5) is 35.3. The number of rotatable bonds is 5. The molecule has 0 saturated heterocycles. The molecule has 0 radical (unpaired) electrons. The van der Waals surface area contributed by atoms with Gasteiger partial charge < -0.3 is 9.84 Å². The molecule has 0 bridgehead atoms. The highest BCUT2D eigenvalue weighted by Crippen LogP contribution is 2.38. The van der Waals surface area contributed by atoms with Crippen LogP contribution in [-0.4, -0.2) is 28.2 Å². The molecule has 0 amide bonds. The number of hydrogen-bond donors (Lipinski definition) is 1. The van der Waals surface area contributed by atoms with Crippen LogP contribution in [0.2, 0.25) is 0 Å². The van der Waals surface area contributed by atoms with Gasteiger partial charge in [0.25, 0.3) is 0 Å². The molecule has 0 spiro atoms. The zero-order valence-corrected chi connectivity index (χ0v) is 15.0. The van der Waals surface area contributed by atoms with Gasteiger partial charge >= 0.3 is 5.97 Å². The molecule has 1 aliphatic carbocycles. The van der Waals surface area contributed by atoms with Gasteiger partial charge in [-0.2, -0.15) is 0 Å². The van der Waals surface area contributed by atoms with Crippen LogP contribution in [0.3, 0.4) is 0 Å². The first kappa shape index (κ1) is 17.9. The highest BCUT2D eigenvalue weighted by Gasteiger charge is 2.32. The molecule has 5 heteroatoms. The van der Waals surface area contributed by atoms with Crippen molar-refractivity contribution in [2.24, 2.45) is 0 Å². The maximum Gasteiger partial charge on any atom is 0.347 e. The molecule has 0 aliphatic heterocycles. The Morgan fingerprint density at radius 1 is 1.08 bits per heavy atom. The molecule has 3 rings (SSSR count). The van der Waals surface area contributed by atoms with Crippen LogP contribution in [0.25, 0.3) is 11.1 Å². The number of carbonyl (C=O) groups excluding carboxylic acids is 2. The normalized spacial score (nSPS) is 13.4. The molecule has 0 fully saturated rings. The smallest absolute Gasteiger partial charge is 0.347 e. The fraction of sp³-hybridized carbons (Fsp3) is 0.286. The SMILES string of the molecule is CC(=O)c1cccc(-c2cc3c(cc2OC(C)(C)C(=O)O)C(=O)CC3)c1. The first-order valence-corrected chi connectivity index (χ1v) is 8.43. The Bertz CT molecular complexity index is 924. The lowest BCUT2D eigenvalue weighted by atomic mass is 9.96. The minimum absolute atomic E-state index is 0.0296. The summed E-state index contributed by atoms with van der Waals surface area (Å²) in [6.07, 6.45) is 1.09. The second-order valence-electron chi connectivity index (χ2n) is 6.98. The average molecular weight is 352 g/mol. The lowest BCUT2D eigenvalue weighted by Crippen LogP contribution is -2.38. The molecule has 0 heterocycles. The van der Waals surface area contributed by atoms with Gasteiger partial charge in [0.15, 0.2) is 17.2 Å². The standard InChI is InChI=1S/C21H20O5/c1-12(22)13-5-4-6-14(9-13)17-10-15-7-8-18(23)16(15)11-19(17)26-21(2,3)20(24)25/h4-6,9-11H,7-8H2,1-3H3,(H,24,25). The van der Waals surface area contributed by atoms with Crippen LogP contribution in [0, 0.1) is 0 Å². The van der Waals surface area contributed by atoms with Crippen molar-refractivity contribution in [2.45, 2.75) is 39.2 Å². The van der Waals surface area contributed by atoms with Crippen LogP contribution in [0.4, 0.5) is 0 Å². The lowest BCUT2D eigenvalue weighted by Gasteiger charge is -2.24. The molecule has 1 N–H and O–H groups in total. The molecule has 0 unspecified atom stereocenters. The Balaban J connectivity index is 2.17. The van der Waals surface area contributed by atoms with Crippen LogP contribution in [0.1, 0.15) is 53.5 Å². The monoisotopic (exact) mass is 352 g/mol. The van der Waals surface area contributed by atoms with Gasteiger partial charge in [0, 0.05) is 23.1 Å². The summed E-state index contributed by atoms with van der Waals surface area (Å²) in [7, 11) is 0. The quantitative estimate of drug-likeness (QED) is 0.825. The molecule has 2 aromatic carbocycles. The molecule has 1 aliphatic rings. The summed E-state index contributed by atoms with van der Waals surface area (Å²) >= 11 is 0. The van der Waals surface area contributed by atoms with Crippen LogP contribution < -0.4 is 4.74 Å². The number of hydrogen-bond acceptors (Lipinski definition) is 4. The van der Waals surface area contributed by atoms with E-state index >= 15 is 0 Å². The van der Waals surface area contributed by atoms with Crippen molar-refractivity contribution in [3.05, 3.63) is 53.1 Å². The molecular formula is C21H20O5. The summed E-state index contributed by atoms with van der Waals surface area (Å²) in [6.45, 7) is 4.41. The summed E-state index contributed by atoms with van der Waals surface area (Å²) in [6, 6.07) is 10.6. The van der Waals surface area contributed by atoms with Crippen molar-refractivity contribution in [1.82, 2.24) is 0 Å². The summed E-state index contributed by atoms with van der Waals surface area (Å²) < 4.78 is 5.79. The number of aliphatic carboxylic acids is 1. The second-order valence-corrected chi connectivity index (χ2v) is 6.98. The first-order valence-electron chi connectivity index (χ1n) is 8.43. The third-order valence-electron chi connectivity index (χ3n) is 4.59. The number of benzene rings is 2. The molecule has 0 aromatic heterocycles. The highest BCUT2D eigenvalue weighted by atomic mass is 16.5. The number of fused-ring (bicyclic) bond motifs is 1. The number of carboxylic acid groups (broad SMARTS) is 1. The van der Waals surface area contributed by atoms with E-state index in [-0.39, 0.29) is 11.6 Å². The maximum atomic E-state index is 12.1. The summed E-state index contributed by atoms with van der Waals surface area (Å²) in [5.74, 6) is -0.807. The van der Waals surface area contributed by atoms with E-state index in [4.69, 9.17) is 4.74 Å². The van der Waals surface area contributed by atoms with Gasteiger partial charge in [0.1, 0.15) is 5.75 Å². The molecule has 2 aromatic rings. The number of carboxylic acids is 1. The molecule has 0 saturated carbocycles. The van der Waals surface area contributed by atoms with Gasteiger partial charge in [-0.1, -0.05) is 18.2 Å². The van der Waals surface area contributed by atoms with Crippen molar-refractivity contribution in [3.63, 3.8) is 0 Å². The molecular weight excluding hydrogens is 332 g/mol. The van der Waals surface area contributed by atoms with E-state index in [1.807, 2.05) is 12.1 Å². The van der Waals surface area contributed by atoms with Gasteiger partial charge in [0.05, 0.1) is 0 Å². The third-order valence-corrected chi connectivity index (χ3v) is 4.59. The van der Waals surface area contributed by atoms with Crippen molar-refractivity contribution in [3.8, 4) is 16.9 Å². The maximum absolute atomic E-state index is 12.1. The van der Waals surface area contributed by atoms with E-state index in [0.29, 0.717) is 35.3 Å². The zero-order valence-electron chi connectivity index (χ0n) is 15.0. The third kappa shape index (κ3) is 3.25. The predicted octanol–water partition coefficient (Wildman–Crippen LogP) is 3.93. The highest BCUT2D eigenvalue weighted by molar-refractivity contribution is 6.02. The Hall–Kier alpha value is -2.95. The number of aryl methyl sites for hydroxylation is 1. The Labute approximate surface area is 151 Å². The van der Waals surface area contributed by atoms with Gasteiger partial charge in [-0.15, -0.1) is 0 Å². The zero-order chi connectivity index (χ0) is 19.1. The number of Topliss-reactive ketones (excluding diaryl/α,β-unsaturated/α-hetero) is 2. The van der Waals surface area contributed by atoms with Gasteiger partial charge in [0.2, 0.25) is 0 Å².